The van der Waals surface area contributed by atoms with E-state index in [1.54, 1.807) is 30.0 Å². The van der Waals surface area contributed by atoms with Crippen LogP contribution in [0.5, 0.6) is 0 Å². The molecule has 9 nitrogen and oxygen atoms in total. The maximum atomic E-state index is 11.8. The Hall–Kier alpha value is -3.36. The Balaban J connectivity index is 1.72. The molecule has 1 aliphatic heterocycles. The van der Waals surface area contributed by atoms with Gasteiger partial charge < -0.3 is 25.6 Å². The van der Waals surface area contributed by atoms with Crippen molar-refractivity contribution in [2.24, 2.45) is 0 Å². The number of Topliss-reactive ketones (excluding diaryl/α,β-unsaturated/α-hetero) is 1. The van der Waals surface area contributed by atoms with Crippen LogP contribution in [0.2, 0.25) is 0 Å². The highest BCUT2D eigenvalue weighted by molar-refractivity contribution is 5.95. The van der Waals surface area contributed by atoms with Gasteiger partial charge in [-0.05, 0) is 26.0 Å². The molecule has 0 unspecified atom stereocenters. The van der Waals surface area contributed by atoms with Crippen molar-refractivity contribution in [1.82, 2.24) is 14.9 Å². The zero-order valence-corrected chi connectivity index (χ0v) is 16.0. The van der Waals surface area contributed by atoms with Gasteiger partial charge in [-0.15, -0.1) is 0 Å². The number of amides is 1. The fourth-order valence-corrected chi connectivity index (χ4v) is 3.01. The van der Waals surface area contributed by atoms with Gasteiger partial charge in [0.15, 0.2) is 17.4 Å². The molecule has 0 atom stereocenters. The number of rotatable bonds is 5. The maximum absolute atomic E-state index is 11.8. The second-order valence-corrected chi connectivity index (χ2v) is 6.39. The van der Waals surface area contributed by atoms with Crippen molar-refractivity contribution in [3.8, 4) is 0 Å². The van der Waals surface area contributed by atoms with Gasteiger partial charge in [-0.3, -0.25) is 4.79 Å². The predicted molar refractivity (Wildman–Crippen MR) is 107 cm³/mol. The smallest absolute Gasteiger partial charge is 0.409 e. The molecule has 9 heteroatoms. The van der Waals surface area contributed by atoms with Gasteiger partial charge >= 0.3 is 6.09 Å². The largest absolute Gasteiger partial charge is 0.450 e. The van der Waals surface area contributed by atoms with Crippen molar-refractivity contribution in [3.63, 3.8) is 0 Å². The van der Waals surface area contributed by atoms with E-state index in [9.17, 15) is 9.59 Å². The number of hydrogen-bond acceptors (Lipinski definition) is 8. The van der Waals surface area contributed by atoms with E-state index in [4.69, 9.17) is 10.5 Å². The van der Waals surface area contributed by atoms with Crippen LogP contribution in [-0.4, -0.2) is 59.5 Å². The molecular weight excluding hydrogens is 360 g/mol. The number of carbonyl (C=O) groups excluding carboxylic acids is 2. The molecule has 0 radical (unpaired) electrons. The van der Waals surface area contributed by atoms with Gasteiger partial charge in [0.2, 0.25) is 0 Å². The highest BCUT2D eigenvalue weighted by Crippen LogP contribution is 2.29. The van der Waals surface area contributed by atoms with Gasteiger partial charge in [0.05, 0.1) is 6.61 Å². The molecule has 0 spiro atoms. The number of benzene rings is 1. The summed E-state index contributed by atoms with van der Waals surface area (Å²) in [5.41, 5.74) is 8.04. The topological polar surface area (TPSA) is 114 Å². The maximum Gasteiger partial charge on any atom is 0.409 e. The van der Waals surface area contributed by atoms with Gasteiger partial charge in [-0.1, -0.05) is 12.1 Å². The fourth-order valence-electron chi connectivity index (χ4n) is 3.01. The molecule has 1 aliphatic rings. The molecule has 2 heterocycles. The molecule has 1 aromatic carbocycles. The summed E-state index contributed by atoms with van der Waals surface area (Å²) in [7, 11) is 0. The van der Waals surface area contributed by atoms with Crippen molar-refractivity contribution in [2.45, 2.75) is 13.8 Å². The summed E-state index contributed by atoms with van der Waals surface area (Å²) >= 11 is 0. The van der Waals surface area contributed by atoms with E-state index >= 15 is 0 Å². The first kappa shape index (κ1) is 19.4. The first-order valence-corrected chi connectivity index (χ1v) is 9.14. The van der Waals surface area contributed by atoms with Gasteiger partial charge in [0, 0.05) is 37.4 Å². The molecule has 1 amide bonds. The molecule has 28 heavy (non-hydrogen) atoms. The van der Waals surface area contributed by atoms with Gasteiger partial charge in [0.25, 0.3) is 0 Å². The molecule has 0 bridgehead atoms. The van der Waals surface area contributed by atoms with Crippen molar-refractivity contribution in [1.29, 1.82) is 0 Å². The Morgan fingerprint density at radius 1 is 1.21 bits per heavy atom. The molecular formula is C19H24N6O3. The molecule has 3 N–H and O–H groups in total. The van der Waals surface area contributed by atoms with E-state index in [1.165, 1.54) is 13.3 Å². The molecule has 1 saturated heterocycles. The van der Waals surface area contributed by atoms with Gasteiger partial charge in [0.1, 0.15) is 12.0 Å². The van der Waals surface area contributed by atoms with Crippen LogP contribution >= 0.6 is 0 Å². The summed E-state index contributed by atoms with van der Waals surface area (Å²) in [6, 6.07) is 7.14. The molecule has 1 fully saturated rings. The summed E-state index contributed by atoms with van der Waals surface area (Å²) in [5, 5.41) is 3.15. The summed E-state index contributed by atoms with van der Waals surface area (Å²) in [4.78, 5) is 35.6. The Kier molecular flexibility index (Phi) is 5.93. The Bertz CT molecular complexity index is 864. The Morgan fingerprint density at radius 3 is 2.64 bits per heavy atom. The number of anilines is 4. The van der Waals surface area contributed by atoms with Crippen molar-refractivity contribution in [3.05, 3.63) is 36.2 Å². The average molecular weight is 384 g/mol. The number of piperazine rings is 1. The predicted octanol–water partition coefficient (Wildman–Crippen LogP) is 2.28. The first-order valence-electron chi connectivity index (χ1n) is 9.14. The van der Waals surface area contributed by atoms with Crippen molar-refractivity contribution >= 4 is 34.9 Å². The van der Waals surface area contributed by atoms with Crippen molar-refractivity contribution in [2.75, 3.05) is 48.7 Å². The van der Waals surface area contributed by atoms with E-state index < -0.39 is 0 Å². The van der Waals surface area contributed by atoms with Crippen molar-refractivity contribution < 1.29 is 14.3 Å². The van der Waals surface area contributed by atoms with E-state index in [-0.39, 0.29) is 11.9 Å². The second kappa shape index (κ2) is 8.55. The Labute approximate surface area is 163 Å². The number of hydrogen-bond donors (Lipinski definition) is 2. The average Bonchev–Trinajstić information content (AvgIpc) is 2.70. The highest BCUT2D eigenvalue weighted by Gasteiger charge is 2.24. The summed E-state index contributed by atoms with van der Waals surface area (Å²) < 4.78 is 5.04. The molecule has 2 aromatic rings. The molecule has 3 rings (SSSR count). The summed E-state index contributed by atoms with van der Waals surface area (Å²) in [6.07, 6.45) is 1.14. The van der Waals surface area contributed by atoms with Crippen LogP contribution in [0.15, 0.2) is 30.6 Å². The number of nitrogen functional groups attached to an aromatic ring is 1. The minimum absolute atomic E-state index is 0.0144. The quantitative estimate of drug-likeness (QED) is 0.755. The fraction of sp³-hybridized carbons (Fsp3) is 0.368. The van der Waals surface area contributed by atoms with Crippen LogP contribution in [0.25, 0.3) is 0 Å². The lowest BCUT2D eigenvalue weighted by Gasteiger charge is -2.35. The van der Waals surface area contributed by atoms with E-state index in [1.807, 2.05) is 11.0 Å². The third kappa shape index (κ3) is 4.30. The lowest BCUT2D eigenvalue weighted by atomic mass is 10.1. The van der Waals surface area contributed by atoms with Crippen LogP contribution < -0.4 is 16.0 Å². The minimum Gasteiger partial charge on any atom is -0.450 e. The van der Waals surface area contributed by atoms with Crippen LogP contribution in [0, 0.1) is 0 Å². The molecule has 0 aliphatic carbocycles. The van der Waals surface area contributed by atoms with Gasteiger partial charge in [-0.25, -0.2) is 14.8 Å². The highest BCUT2D eigenvalue weighted by atomic mass is 16.6. The minimum atomic E-state index is -0.300. The normalized spacial score (nSPS) is 13.9. The zero-order valence-electron chi connectivity index (χ0n) is 16.0. The van der Waals surface area contributed by atoms with E-state index in [0.717, 1.165) is 5.69 Å². The number of nitrogens with one attached hydrogen (secondary N) is 1. The number of carbonyl (C=O) groups is 2. The van der Waals surface area contributed by atoms with Crippen LogP contribution in [0.3, 0.4) is 0 Å². The number of ketones is 1. The third-order valence-corrected chi connectivity index (χ3v) is 4.50. The molecule has 148 valence electrons. The van der Waals surface area contributed by atoms with Crippen LogP contribution in [0.1, 0.15) is 24.2 Å². The number of ether oxygens (including phenoxy) is 1. The standard InChI is InChI=1S/C19H24N6O3/c1-3-28-19(27)25-9-7-24(8-10-25)18-16(20)17(21-12-22-18)23-15-6-4-5-14(11-15)13(2)26/h4-6,11-12H,3,7-10,20H2,1-2H3,(H,21,22,23). The second-order valence-electron chi connectivity index (χ2n) is 6.39. The van der Waals surface area contributed by atoms with Crippen LogP contribution in [0.4, 0.5) is 27.8 Å². The summed E-state index contributed by atoms with van der Waals surface area (Å²) in [6.45, 7) is 5.93. The number of nitrogens with zero attached hydrogens (tertiary/aromatic N) is 4. The van der Waals surface area contributed by atoms with Crippen LogP contribution in [-0.2, 0) is 4.74 Å². The van der Waals surface area contributed by atoms with Gasteiger partial charge in [-0.2, -0.15) is 0 Å². The number of nitrogens with two attached hydrogens (primary N) is 1. The zero-order chi connectivity index (χ0) is 20.1. The molecule has 0 saturated carbocycles. The van der Waals surface area contributed by atoms with E-state index in [2.05, 4.69) is 15.3 Å². The first-order chi connectivity index (χ1) is 13.5. The lowest BCUT2D eigenvalue weighted by Crippen LogP contribution is -2.49. The Morgan fingerprint density at radius 2 is 1.96 bits per heavy atom. The summed E-state index contributed by atoms with van der Waals surface area (Å²) in [5.74, 6) is 1.07. The number of aromatic nitrogens is 2. The van der Waals surface area contributed by atoms with E-state index in [0.29, 0.717) is 55.7 Å². The monoisotopic (exact) mass is 384 g/mol. The SMILES string of the molecule is CCOC(=O)N1CCN(c2ncnc(Nc3cccc(C(C)=O)c3)c2N)CC1. The molecule has 1 aromatic heterocycles. The third-order valence-electron chi connectivity index (χ3n) is 4.50. The lowest BCUT2D eigenvalue weighted by molar-refractivity contribution is 0.101.